The number of aromatic nitrogens is 2. The number of carbonyl (C=O) groups is 1. The van der Waals surface area contributed by atoms with Crippen LogP contribution in [-0.2, 0) is 13.1 Å². The van der Waals surface area contributed by atoms with E-state index in [0.29, 0.717) is 13.1 Å². The van der Waals surface area contributed by atoms with Crippen molar-refractivity contribution in [1.29, 1.82) is 0 Å². The van der Waals surface area contributed by atoms with Crippen molar-refractivity contribution in [2.75, 3.05) is 19.5 Å². The molecule has 0 spiro atoms. The highest BCUT2D eigenvalue weighted by atomic mass is 16.5. The number of benzene rings is 2. The first-order chi connectivity index (χ1) is 12.6. The lowest BCUT2D eigenvalue weighted by atomic mass is 10.2. The number of nitrogens with one attached hydrogen (secondary N) is 1. The van der Waals surface area contributed by atoms with Gasteiger partial charge in [0.2, 0.25) is 0 Å². The second-order valence-electron chi connectivity index (χ2n) is 6.03. The Morgan fingerprint density at radius 3 is 2.42 bits per heavy atom. The van der Waals surface area contributed by atoms with Crippen LogP contribution in [0.2, 0.25) is 0 Å². The van der Waals surface area contributed by atoms with E-state index in [1.807, 2.05) is 65.5 Å². The fourth-order valence-corrected chi connectivity index (χ4v) is 2.57. The highest BCUT2D eigenvalue weighted by Gasteiger charge is 2.09. The van der Waals surface area contributed by atoms with Gasteiger partial charge in [-0.2, -0.15) is 5.10 Å². The maximum absolute atomic E-state index is 12.4. The first kappa shape index (κ1) is 17.5. The maximum atomic E-state index is 12.4. The van der Waals surface area contributed by atoms with Crippen LogP contribution < -0.4 is 10.1 Å². The molecular formula is C20H22N4O2. The minimum absolute atomic E-state index is 0.152. The molecule has 6 nitrogen and oxygen atoms in total. The van der Waals surface area contributed by atoms with Crippen LogP contribution in [0.25, 0.3) is 0 Å². The number of nitrogens with zero attached hydrogens (tertiary/aromatic N) is 3. The van der Waals surface area contributed by atoms with Crippen LogP contribution in [0.5, 0.6) is 5.75 Å². The highest BCUT2D eigenvalue weighted by molar-refractivity contribution is 5.89. The number of anilines is 1. The number of ether oxygens (including phenoxy) is 1. The van der Waals surface area contributed by atoms with E-state index in [-0.39, 0.29) is 6.03 Å². The zero-order valence-electron chi connectivity index (χ0n) is 14.9. The lowest BCUT2D eigenvalue weighted by Gasteiger charge is -2.18. The van der Waals surface area contributed by atoms with Crippen LogP contribution in [0.3, 0.4) is 0 Å². The summed E-state index contributed by atoms with van der Waals surface area (Å²) in [5.41, 5.74) is 2.93. The van der Waals surface area contributed by atoms with Gasteiger partial charge in [-0.15, -0.1) is 0 Å². The van der Waals surface area contributed by atoms with Crippen LogP contribution in [0.4, 0.5) is 10.5 Å². The fourth-order valence-electron chi connectivity index (χ4n) is 2.57. The first-order valence-corrected chi connectivity index (χ1v) is 8.35. The Labute approximate surface area is 153 Å². The van der Waals surface area contributed by atoms with Gasteiger partial charge in [-0.25, -0.2) is 4.79 Å². The molecular weight excluding hydrogens is 328 g/mol. The molecule has 2 amide bonds. The number of urea groups is 1. The SMILES string of the molecule is COc1ccc(CN(C)C(=O)Nc2ccc(Cn3cccn3)cc2)cc1. The van der Waals surface area contributed by atoms with Crippen molar-refractivity contribution < 1.29 is 9.53 Å². The minimum atomic E-state index is -0.152. The Hall–Kier alpha value is -3.28. The zero-order valence-corrected chi connectivity index (χ0v) is 14.9. The predicted octanol–water partition coefficient (Wildman–Crippen LogP) is 3.60. The van der Waals surface area contributed by atoms with Crippen LogP contribution >= 0.6 is 0 Å². The van der Waals surface area contributed by atoms with E-state index in [9.17, 15) is 4.79 Å². The predicted molar refractivity (Wildman–Crippen MR) is 101 cm³/mol. The third-order valence-electron chi connectivity index (χ3n) is 4.03. The number of hydrogen-bond acceptors (Lipinski definition) is 3. The Morgan fingerprint density at radius 1 is 1.12 bits per heavy atom. The van der Waals surface area contributed by atoms with Gasteiger partial charge in [0.05, 0.1) is 13.7 Å². The summed E-state index contributed by atoms with van der Waals surface area (Å²) in [5, 5.41) is 7.10. The molecule has 0 aliphatic heterocycles. The van der Waals surface area contributed by atoms with Gasteiger partial charge in [-0.1, -0.05) is 24.3 Å². The monoisotopic (exact) mass is 350 g/mol. The van der Waals surface area contributed by atoms with Crippen molar-refractivity contribution in [3.8, 4) is 5.75 Å². The summed E-state index contributed by atoms with van der Waals surface area (Å²) >= 11 is 0. The lowest BCUT2D eigenvalue weighted by molar-refractivity contribution is 0.220. The summed E-state index contributed by atoms with van der Waals surface area (Å²) in [6.45, 7) is 1.23. The molecule has 1 aromatic heterocycles. The van der Waals surface area contributed by atoms with Crippen molar-refractivity contribution in [1.82, 2.24) is 14.7 Å². The van der Waals surface area contributed by atoms with Crippen LogP contribution in [0.15, 0.2) is 67.0 Å². The Bertz CT molecular complexity index is 827. The summed E-state index contributed by atoms with van der Waals surface area (Å²) in [6, 6.07) is 17.2. The largest absolute Gasteiger partial charge is 0.497 e. The number of carbonyl (C=O) groups excluding carboxylic acids is 1. The van der Waals surface area contributed by atoms with E-state index < -0.39 is 0 Å². The van der Waals surface area contributed by atoms with Crippen LogP contribution in [0, 0.1) is 0 Å². The molecule has 1 N–H and O–H groups in total. The van der Waals surface area contributed by atoms with E-state index >= 15 is 0 Å². The van der Waals surface area contributed by atoms with Gasteiger partial charge < -0.3 is 15.0 Å². The van der Waals surface area contributed by atoms with Gasteiger partial charge in [0.15, 0.2) is 0 Å². The minimum Gasteiger partial charge on any atom is -0.497 e. The van der Waals surface area contributed by atoms with Gasteiger partial charge in [0.1, 0.15) is 5.75 Å². The number of methoxy groups -OCH3 is 1. The Balaban J connectivity index is 1.54. The smallest absolute Gasteiger partial charge is 0.321 e. The fraction of sp³-hybridized carbons (Fsp3) is 0.200. The number of amides is 2. The molecule has 0 aliphatic rings. The molecule has 6 heteroatoms. The molecule has 0 saturated carbocycles. The van der Waals surface area contributed by atoms with Crippen molar-refractivity contribution in [3.63, 3.8) is 0 Å². The summed E-state index contributed by atoms with van der Waals surface area (Å²) < 4.78 is 7.00. The number of rotatable bonds is 6. The molecule has 0 radical (unpaired) electrons. The topological polar surface area (TPSA) is 59.4 Å². The molecule has 0 unspecified atom stereocenters. The summed E-state index contributed by atoms with van der Waals surface area (Å²) in [4.78, 5) is 14.0. The average molecular weight is 350 g/mol. The van der Waals surface area contributed by atoms with Gasteiger partial charge in [-0.3, -0.25) is 4.68 Å². The lowest BCUT2D eigenvalue weighted by Crippen LogP contribution is -2.30. The average Bonchev–Trinajstić information content (AvgIpc) is 3.17. The first-order valence-electron chi connectivity index (χ1n) is 8.35. The molecule has 0 bridgehead atoms. The van der Waals surface area contributed by atoms with E-state index in [1.54, 1.807) is 25.3 Å². The van der Waals surface area contributed by atoms with Crippen molar-refractivity contribution in [2.45, 2.75) is 13.1 Å². The van der Waals surface area contributed by atoms with Crippen molar-refractivity contribution in [2.24, 2.45) is 0 Å². The van der Waals surface area contributed by atoms with E-state index in [4.69, 9.17) is 4.74 Å². The zero-order chi connectivity index (χ0) is 18.4. The summed E-state index contributed by atoms with van der Waals surface area (Å²) in [5.74, 6) is 0.802. The van der Waals surface area contributed by atoms with Crippen LogP contribution in [0.1, 0.15) is 11.1 Å². The molecule has 3 aromatic rings. The molecule has 0 fully saturated rings. The summed E-state index contributed by atoms with van der Waals surface area (Å²) in [7, 11) is 3.40. The molecule has 3 rings (SSSR count). The third kappa shape index (κ3) is 4.63. The normalized spacial score (nSPS) is 10.4. The molecule has 0 saturated heterocycles. The van der Waals surface area contributed by atoms with E-state index in [1.165, 1.54) is 0 Å². The van der Waals surface area contributed by atoms with Gasteiger partial charge in [0, 0.05) is 31.7 Å². The summed E-state index contributed by atoms with van der Waals surface area (Å²) in [6.07, 6.45) is 3.68. The molecule has 2 aromatic carbocycles. The molecule has 1 heterocycles. The Morgan fingerprint density at radius 2 is 1.81 bits per heavy atom. The van der Waals surface area contributed by atoms with Crippen LogP contribution in [-0.4, -0.2) is 34.9 Å². The second kappa shape index (κ2) is 8.20. The molecule has 26 heavy (non-hydrogen) atoms. The van der Waals surface area contributed by atoms with Gasteiger partial charge >= 0.3 is 6.03 Å². The molecule has 0 atom stereocenters. The Kier molecular flexibility index (Phi) is 5.53. The quantitative estimate of drug-likeness (QED) is 0.739. The third-order valence-corrected chi connectivity index (χ3v) is 4.03. The number of hydrogen-bond donors (Lipinski definition) is 1. The highest BCUT2D eigenvalue weighted by Crippen LogP contribution is 2.14. The standard InChI is InChI=1S/C20H22N4O2/c1-23(14-16-6-10-19(26-2)11-7-16)20(25)22-18-8-4-17(5-9-18)15-24-13-3-12-21-24/h3-13H,14-15H2,1-2H3,(H,22,25). The molecule has 134 valence electrons. The molecule has 0 aliphatic carbocycles. The van der Waals surface area contributed by atoms with Gasteiger partial charge in [-0.05, 0) is 41.5 Å². The van der Waals surface area contributed by atoms with E-state index in [0.717, 1.165) is 22.6 Å². The second-order valence-corrected chi connectivity index (χ2v) is 6.03. The van der Waals surface area contributed by atoms with Gasteiger partial charge in [0.25, 0.3) is 0 Å². The van der Waals surface area contributed by atoms with Crippen molar-refractivity contribution >= 4 is 11.7 Å². The van der Waals surface area contributed by atoms with E-state index in [2.05, 4.69) is 10.4 Å². The maximum Gasteiger partial charge on any atom is 0.321 e. The van der Waals surface area contributed by atoms with Crippen molar-refractivity contribution in [3.05, 3.63) is 78.1 Å².